The minimum atomic E-state index is -0.803. The molecule has 0 fully saturated rings. The van der Waals surface area contributed by atoms with E-state index in [9.17, 15) is 5.11 Å². The van der Waals surface area contributed by atoms with E-state index in [1.165, 1.54) is 0 Å². The average Bonchev–Trinajstić information content (AvgIpc) is 2.70. The van der Waals surface area contributed by atoms with Crippen LogP contribution >= 0.6 is 31.9 Å². The van der Waals surface area contributed by atoms with Gasteiger partial charge in [-0.15, -0.1) is 0 Å². The number of halogens is 2. The number of aryl methyl sites for hydroxylation is 1. The van der Waals surface area contributed by atoms with Gasteiger partial charge in [0.1, 0.15) is 6.10 Å². The molecule has 1 N–H and O–H groups in total. The number of nitrogens with zero attached hydrogens (tertiary/aromatic N) is 3. The molecule has 0 aliphatic rings. The van der Waals surface area contributed by atoms with E-state index in [-0.39, 0.29) is 0 Å². The maximum atomic E-state index is 10.4. The Morgan fingerprint density at radius 1 is 1.41 bits per heavy atom. The van der Waals surface area contributed by atoms with Gasteiger partial charge in [-0.1, -0.05) is 0 Å². The molecule has 2 heterocycles. The van der Waals surface area contributed by atoms with Gasteiger partial charge in [0.2, 0.25) is 0 Å². The van der Waals surface area contributed by atoms with Crippen LogP contribution in [-0.2, 0) is 6.54 Å². The second-order valence-electron chi connectivity index (χ2n) is 3.47. The van der Waals surface area contributed by atoms with E-state index in [1.807, 2.05) is 19.1 Å². The molecule has 0 aliphatic heterocycles. The number of rotatable bonds is 3. The Labute approximate surface area is 116 Å². The fourth-order valence-corrected chi connectivity index (χ4v) is 2.61. The molecule has 0 radical (unpaired) electrons. The average molecular weight is 361 g/mol. The second kappa shape index (κ2) is 5.29. The van der Waals surface area contributed by atoms with Gasteiger partial charge in [0.25, 0.3) is 0 Å². The maximum Gasteiger partial charge on any atom is 0.140 e. The topological polar surface area (TPSA) is 50.9 Å². The molecule has 0 saturated heterocycles. The molecule has 2 rings (SSSR count). The summed E-state index contributed by atoms with van der Waals surface area (Å²) in [5.41, 5.74) is 1.30. The molecule has 2 aromatic heterocycles. The van der Waals surface area contributed by atoms with E-state index in [1.54, 1.807) is 17.1 Å². The fourth-order valence-electron chi connectivity index (χ4n) is 1.62. The Morgan fingerprint density at radius 3 is 2.82 bits per heavy atom. The highest BCUT2D eigenvalue weighted by molar-refractivity contribution is 9.10. The molecule has 17 heavy (non-hydrogen) atoms. The van der Waals surface area contributed by atoms with Crippen molar-refractivity contribution in [3.05, 3.63) is 44.9 Å². The Hall–Kier alpha value is -0.720. The van der Waals surface area contributed by atoms with Crippen molar-refractivity contribution in [2.45, 2.75) is 19.6 Å². The van der Waals surface area contributed by atoms with Gasteiger partial charge in [-0.25, -0.2) is 0 Å². The van der Waals surface area contributed by atoms with E-state index in [4.69, 9.17) is 0 Å². The fraction of sp³-hybridized carbons (Fsp3) is 0.273. The zero-order chi connectivity index (χ0) is 12.4. The van der Waals surface area contributed by atoms with Crippen molar-refractivity contribution in [2.24, 2.45) is 0 Å². The molecular weight excluding hydrogens is 350 g/mol. The highest BCUT2D eigenvalue weighted by Crippen LogP contribution is 2.30. The van der Waals surface area contributed by atoms with Crippen molar-refractivity contribution >= 4 is 31.9 Å². The molecule has 1 atom stereocenters. The van der Waals surface area contributed by atoms with Crippen molar-refractivity contribution in [1.29, 1.82) is 0 Å². The van der Waals surface area contributed by atoms with Gasteiger partial charge < -0.3 is 5.11 Å². The van der Waals surface area contributed by atoms with Crippen LogP contribution in [0.1, 0.15) is 24.4 Å². The lowest BCUT2D eigenvalue weighted by atomic mass is 10.1. The first kappa shape index (κ1) is 12.7. The van der Waals surface area contributed by atoms with E-state index in [2.05, 4.69) is 41.9 Å². The largest absolute Gasteiger partial charge is 0.380 e. The lowest BCUT2D eigenvalue weighted by Crippen LogP contribution is -2.11. The third-order valence-electron chi connectivity index (χ3n) is 2.44. The first-order valence-corrected chi connectivity index (χ1v) is 6.73. The summed E-state index contributed by atoms with van der Waals surface area (Å²) in [4.78, 5) is 4.19. The summed E-state index contributed by atoms with van der Waals surface area (Å²) >= 11 is 6.78. The van der Waals surface area contributed by atoms with Crippen LogP contribution < -0.4 is 0 Å². The minimum Gasteiger partial charge on any atom is -0.380 e. The van der Waals surface area contributed by atoms with Gasteiger partial charge in [-0.3, -0.25) is 9.67 Å². The smallest absolute Gasteiger partial charge is 0.140 e. The number of pyridine rings is 1. The summed E-state index contributed by atoms with van der Waals surface area (Å²) in [7, 11) is 0. The molecule has 6 heteroatoms. The Kier molecular flexibility index (Phi) is 3.96. The molecule has 1 unspecified atom stereocenters. The number of aromatic nitrogens is 3. The summed E-state index contributed by atoms with van der Waals surface area (Å²) in [6.07, 6.45) is 2.53. The Morgan fingerprint density at radius 2 is 2.18 bits per heavy atom. The van der Waals surface area contributed by atoms with Crippen LogP contribution in [0.3, 0.4) is 0 Å². The zero-order valence-corrected chi connectivity index (χ0v) is 12.3. The molecule has 0 bridgehead atoms. The predicted octanol–water partition coefficient (Wildman–Crippen LogP) is 2.90. The van der Waals surface area contributed by atoms with Crippen LogP contribution in [0.15, 0.2) is 33.5 Å². The summed E-state index contributed by atoms with van der Waals surface area (Å²) in [5.74, 6) is 0. The van der Waals surface area contributed by atoms with E-state index >= 15 is 0 Å². The van der Waals surface area contributed by atoms with Gasteiger partial charge in [-0.2, -0.15) is 5.10 Å². The maximum absolute atomic E-state index is 10.4. The number of hydrogen-bond donors (Lipinski definition) is 1. The molecule has 0 saturated carbocycles. The number of aliphatic hydroxyl groups excluding tert-OH is 1. The van der Waals surface area contributed by atoms with Crippen molar-refractivity contribution in [2.75, 3.05) is 0 Å². The van der Waals surface area contributed by atoms with Crippen LogP contribution in [0.2, 0.25) is 0 Å². The SMILES string of the molecule is CCn1ncc(Br)c1C(O)c1ncccc1Br. The summed E-state index contributed by atoms with van der Waals surface area (Å²) < 4.78 is 3.31. The Balaban J connectivity index is 2.47. The molecule has 0 aromatic carbocycles. The predicted molar refractivity (Wildman–Crippen MR) is 71.6 cm³/mol. The molecule has 90 valence electrons. The van der Waals surface area contributed by atoms with E-state index in [0.717, 1.165) is 8.95 Å². The summed E-state index contributed by atoms with van der Waals surface area (Å²) in [5, 5.41) is 14.5. The van der Waals surface area contributed by atoms with Gasteiger partial charge in [0.05, 0.1) is 22.1 Å². The van der Waals surface area contributed by atoms with Gasteiger partial charge in [0.15, 0.2) is 0 Å². The van der Waals surface area contributed by atoms with Crippen LogP contribution in [0, 0.1) is 0 Å². The van der Waals surface area contributed by atoms with Crippen molar-refractivity contribution in [3.63, 3.8) is 0 Å². The van der Waals surface area contributed by atoms with Crippen molar-refractivity contribution < 1.29 is 5.11 Å². The normalized spacial score (nSPS) is 12.7. The highest BCUT2D eigenvalue weighted by atomic mass is 79.9. The van der Waals surface area contributed by atoms with E-state index < -0.39 is 6.10 Å². The molecule has 0 aliphatic carbocycles. The zero-order valence-electron chi connectivity index (χ0n) is 9.14. The van der Waals surface area contributed by atoms with Gasteiger partial charge in [0, 0.05) is 17.2 Å². The highest BCUT2D eigenvalue weighted by Gasteiger charge is 2.21. The van der Waals surface area contributed by atoms with Crippen LogP contribution in [-0.4, -0.2) is 19.9 Å². The van der Waals surface area contributed by atoms with Gasteiger partial charge in [-0.05, 0) is 50.9 Å². The lowest BCUT2D eigenvalue weighted by Gasteiger charge is -2.14. The molecule has 0 amide bonds. The number of hydrogen-bond acceptors (Lipinski definition) is 3. The Bertz CT molecular complexity index is 527. The third-order valence-corrected chi connectivity index (χ3v) is 3.72. The summed E-state index contributed by atoms with van der Waals surface area (Å²) in [6.45, 7) is 2.67. The third kappa shape index (κ3) is 2.43. The summed E-state index contributed by atoms with van der Waals surface area (Å²) in [6, 6.07) is 3.67. The van der Waals surface area contributed by atoms with Gasteiger partial charge >= 0.3 is 0 Å². The van der Waals surface area contributed by atoms with Crippen molar-refractivity contribution in [3.8, 4) is 0 Å². The molecule has 4 nitrogen and oxygen atoms in total. The van der Waals surface area contributed by atoms with Crippen molar-refractivity contribution in [1.82, 2.24) is 14.8 Å². The monoisotopic (exact) mass is 359 g/mol. The molecular formula is C11H11Br2N3O. The standard InChI is InChI=1S/C11H11Br2N3O/c1-2-16-10(8(13)6-15-16)11(17)9-7(12)4-3-5-14-9/h3-6,11,17H,2H2,1H3. The quantitative estimate of drug-likeness (QED) is 0.915. The lowest BCUT2D eigenvalue weighted by molar-refractivity contribution is 0.201. The minimum absolute atomic E-state index is 0.586. The van der Waals surface area contributed by atoms with Crippen LogP contribution in [0.5, 0.6) is 0 Å². The van der Waals surface area contributed by atoms with Crippen LogP contribution in [0.4, 0.5) is 0 Å². The van der Waals surface area contributed by atoms with Crippen LogP contribution in [0.25, 0.3) is 0 Å². The molecule has 2 aromatic rings. The second-order valence-corrected chi connectivity index (χ2v) is 5.18. The number of aliphatic hydroxyl groups is 1. The first-order chi connectivity index (χ1) is 8.15. The van der Waals surface area contributed by atoms with E-state index in [0.29, 0.717) is 17.9 Å². The molecule has 0 spiro atoms. The first-order valence-electron chi connectivity index (χ1n) is 5.14.